The number of amides is 1. The van der Waals surface area contributed by atoms with Crippen LogP contribution >= 0.6 is 0 Å². The van der Waals surface area contributed by atoms with E-state index in [9.17, 15) is 13.2 Å². The van der Waals surface area contributed by atoms with E-state index in [1.165, 1.54) is 6.07 Å². The van der Waals surface area contributed by atoms with Crippen LogP contribution in [0.3, 0.4) is 0 Å². The number of nitrogens with two attached hydrogens (primary N) is 1. The molecule has 30 heavy (non-hydrogen) atoms. The Kier molecular flexibility index (Phi) is 4.78. The molecule has 10 heteroatoms. The Morgan fingerprint density at radius 2 is 1.90 bits per heavy atom. The van der Waals surface area contributed by atoms with Crippen molar-refractivity contribution in [3.63, 3.8) is 0 Å². The number of piperidine rings is 2. The summed E-state index contributed by atoms with van der Waals surface area (Å²) in [5.41, 5.74) is 5.99. The molecule has 9 nitrogen and oxygen atoms in total. The summed E-state index contributed by atoms with van der Waals surface area (Å²) in [6, 6.07) is 5.93. The highest BCUT2D eigenvalue weighted by Gasteiger charge is 2.46. The third kappa shape index (κ3) is 3.58. The molecule has 1 unspecified atom stereocenters. The van der Waals surface area contributed by atoms with Gasteiger partial charge in [-0.3, -0.25) is 4.79 Å². The molecule has 2 bridgehead atoms. The molecule has 1 amide bonds. The molecule has 5 rings (SSSR count). The third-order valence-corrected chi connectivity index (χ3v) is 8.18. The second kappa shape index (κ2) is 7.35. The Bertz CT molecular complexity index is 1050. The van der Waals surface area contributed by atoms with E-state index in [4.69, 9.17) is 10.3 Å². The van der Waals surface area contributed by atoms with Gasteiger partial charge in [0, 0.05) is 30.1 Å². The Morgan fingerprint density at radius 1 is 1.17 bits per heavy atom. The molecule has 2 aromatic rings. The Labute approximate surface area is 175 Å². The third-order valence-electron chi connectivity index (χ3n) is 6.27. The van der Waals surface area contributed by atoms with Crippen molar-refractivity contribution in [1.82, 2.24) is 19.8 Å². The minimum absolute atomic E-state index is 0.0166. The highest BCUT2D eigenvalue weighted by atomic mass is 32.2. The topological polar surface area (TPSA) is 131 Å². The molecule has 0 spiro atoms. The zero-order valence-corrected chi connectivity index (χ0v) is 17.3. The molecule has 1 saturated carbocycles. The highest BCUT2D eigenvalue weighted by Crippen LogP contribution is 2.40. The van der Waals surface area contributed by atoms with E-state index < -0.39 is 10.0 Å². The van der Waals surface area contributed by atoms with Crippen molar-refractivity contribution in [1.29, 1.82) is 0 Å². The molecule has 2 aromatic heterocycles. The normalized spacial score (nSPS) is 27.0. The van der Waals surface area contributed by atoms with E-state index in [1.54, 1.807) is 22.5 Å². The summed E-state index contributed by atoms with van der Waals surface area (Å²) in [6.45, 7) is 0. The Balaban J connectivity index is 1.31. The number of nitrogens with zero attached hydrogens (tertiary/aromatic N) is 3. The lowest BCUT2D eigenvalue weighted by Crippen LogP contribution is -2.58. The molecule has 2 aliphatic heterocycles. The first kappa shape index (κ1) is 19.5. The lowest BCUT2D eigenvalue weighted by molar-refractivity contribution is 0.0789. The number of aromatic nitrogens is 2. The highest BCUT2D eigenvalue weighted by molar-refractivity contribution is 7.89. The molecule has 2 saturated heterocycles. The molecule has 4 heterocycles. The second-order valence-electron chi connectivity index (χ2n) is 8.50. The monoisotopic (exact) mass is 431 g/mol. The van der Waals surface area contributed by atoms with Gasteiger partial charge in [0.05, 0.1) is 0 Å². The molecule has 160 valence electrons. The van der Waals surface area contributed by atoms with Crippen molar-refractivity contribution in [3.8, 4) is 0 Å². The number of sulfonamides is 1. The number of nitrogens with one attached hydrogen (secondary N) is 1. The van der Waals surface area contributed by atoms with E-state index in [0.717, 1.165) is 37.9 Å². The first-order chi connectivity index (χ1) is 14.4. The number of carbonyl (C=O) groups is 1. The summed E-state index contributed by atoms with van der Waals surface area (Å²) < 4.78 is 33.4. The maximum Gasteiger partial charge on any atom is 0.273 e. The van der Waals surface area contributed by atoms with Gasteiger partial charge in [-0.25, -0.2) is 13.4 Å². The van der Waals surface area contributed by atoms with Crippen LogP contribution < -0.4 is 11.1 Å². The molecule has 3 aliphatic rings. The van der Waals surface area contributed by atoms with Gasteiger partial charge in [0.1, 0.15) is 11.6 Å². The van der Waals surface area contributed by atoms with Gasteiger partial charge in [-0.15, -0.1) is 0 Å². The van der Waals surface area contributed by atoms with Crippen LogP contribution in [0, 0.1) is 0 Å². The lowest BCUT2D eigenvalue weighted by Gasteiger charge is -2.47. The number of hydrogen-bond acceptors (Lipinski definition) is 7. The van der Waals surface area contributed by atoms with Crippen molar-refractivity contribution in [3.05, 3.63) is 35.7 Å². The fourth-order valence-corrected chi connectivity index (χ4v) is 6.60. The maximum atomic E-state index is 13.3. The summed E-state index contributed by atoms with van der Waals surface area (Å²) in [4.78, 5) is 16.7. The average molecular weight is 432 g/mol. The number of anilines is 1. The largest absolute Gasteiger partial charge is 0.384 e. The van der Waals surface area contributed by atoms with Crippen molar-refractivity contribution in [2.45, 2.75) is 74.0 Å². The summed E-state index contributed by atoms with van der Waals surface area (Å²) in [5, 5.41) is 6.93. The zero-order valence-electron chi connectivity index (χ0n) is 16.5. The van der Waals surface area contributed by atoms with Crippen LogP contribution in [-0.2, 0) is 10.0 Å². The molecule has 1 aliphatic carbocycles. The quantitative estimate of drug-likeness (QED) is 0.740. The van der Waals surface area contributed by atoms with Gasteiger partial charge < -0.3 is 15.6 Å². The number of nitrogen functional groups attached to an aromatic ring is 1. The van der Waals surface area contributed by atoms with Crippen LogP contribution in [0.4, 0.5) is 5.82 Å². The minimum atomic E-state index is -3.74. The average Bonchev–Trinajstić information content (AvgIpc) is 3.43. The first-order valence-electron chi connectivity index (χ1n) is 10.5. The molecule has 0 aromatic carbocycles. The van der Waals surface area contributed by atoms with E-state index in [1.807, 2.05) is 0 Å². The lowest BCUT2D eigenvalue weighted by atomic mass is 9.84. The Hall–Kier alpha value is -2.46. The van der Waals surface area contributed by atoms with Crippen LogP contribution in [0.2, 0.25) is 0 Å². The van der Waals surface area contributed by atoms with Crippen molar-refractivity contribution in [2.24, 2.45) is 0 Å². The number of rotatable bonds is 5. The molecule has 3 N–H and O–H groups in total. The van der Waals surface area contributed by atoms with Gasteiger partial charge in [0.25, 0.3) is 15.9 Å². The fraction of sp³-hybridized carbons (Fsp3) is 0.550. The van der Waals surface area contributed by atoms with Crippen LogP contribution in [0.5, 0.6) is 0 Å². The maximum absolute atomic E-state index is 13.3. The van der Waals surface area contributed by atoms with E-state index in [0.29, 0.717) is 24.5 Å². The van der Waals surface area contributed by atoms with Gasteiger partial charge in [-0.1, -0.05) is 17.6 Å². The predicted molar refractivity (Wildman–Crippen MR) is 108 cm³/mol. The molecule has 0 radical (unpaired) electrons. The SMILES string of the molecule is Nc1cccc(S(=O)(=O)N2C3CCC[C@@H]2C[C@@H](NC(=O)c2cc(C4CC4)on2)C3)n1. The van der Waals surface area contributed by atoms with Gasteiger partial charge in [-0.05, 0) is 50.7 Å². The predicted octanol–water partition coefficient (Wildman–Crippen LogP) is 2.03. The van der Waals surface area contributed by atoms with E-state index in [-0.39, 0.29) is 34.9 Å². The van der Waals surface area contributed by atoms with Crippen molar-refractivity contribution < 1.29 is 17.7 Å². The van der Waals surface area contributed by atoms with Crippen LogP contribution in [0.1, 0.15) is 67.1 Å². The van der Waals surface area contributed by atoms with Gasteiger partial charge >= 0.3 is 0 Å². The van der Waals surface area contributed by atoms with Crippen molar-refractivity contribution >= 4 is 21.7 Å². The number of pyridine rings is 1. The summed E-state index contributed by atoms with van der Waals surface area (Å²) >= 11 is 0. The van der Waals surface area contributed by atoms with E-state index in [2.05, 4.69) is 15.5 Å². The summed E-state index contributed by atoms with van der Waals surface area (Å²) in [6.07, 6.45) is 5.79. The van der Waals surface area contributed by atoms with Gasteiger partial charge in [-0.2, -0.15) is 4.31 Å². The van der Waals surface area contributed by atoms with Gasteiger partial charge in [0.15, 0.2) is 10.7 Å². The fourth-order valence-electron chi connectivity index (χ4n) is 4.75. The smallest absolute Gasteiger partial charge is 0.273 e. The number of carbonyl (C=O) groups excluding carboxylic acids is 1. The first-order valence-corrected chi connectivity index (χ1v) is 11.9. The second-order valence-corrected chi connectivity index (χ2v) is 10.3. The van der Waals surface area contributed by atoms with E-state index >= 15 is 0 Å². The van der Waals surface area contributed by atoms with Gasteiger partial charge in [0.2, 0.25) is 0 Å². The number of hydrogen-bond donors (Lipinski definition) is 2. The summed E-state index contributed by atoms with van der Waals surface area (Å²) in [5.74, 6) is 1.09. The zero-order chi connectivity index (χ0) is 20.9. The molecule has 3 fully saturated rings. The van der Waals surface area contributed by atoms with Crippen LogP contribution in [0.25, 0.3) is 0 Å². The minimum Gasteiger partial charge on any atom is -0.384 e. The molecule has 3 atom stereocenters. The van der Waals surface area contributed by atoms with Crippen molar-refractivity contribution in [2.75, 3.05) is 5.73 Å². The Morgan fingerprint density at radius 3 is 2.57 bits per heavy atom. The molecular weight excluding hydrogens is 406 g/mol. The van der Waals surface area contributed by atoms with Crippen LogP contribution in [-0.4, -0.2) is 46.9 Å². The number of fused-ring (bicyclic) bond motifs is 2. The van der Waals surface area contributed by atoms with Crippen LogP contribution in [0.15, 0.2) is 33.8 Å². The molecular formula is C20H25N5O4S. The standard InChI is InChI=1S/C20H25N5O4S/c21-18-5-2-6-19(23-18)30(27,28)25-14-3-1-4-15(25)10-13(9-14)22-20(26)16-11-17(29-24-16)12-7-8-12/h2,5-6,11-15H,1,3-4,7-10H2,(H2,21,23)(H,22,26)/t13-,14-,15?/m1/s1. The summed E-state index contributed by atoms with van der Waals surface area (Å²) in [7, 11) is -3.74.